The molecule has 0 aromatic carbocycles. The number of carboxylic acids is 1. The zero-order valence-electron chi connectivity index (χ0n) is 13.5. The van der Waals surface area contributed by atoms with Gasteiger partial charge in [0, 0.05) is 37.5 Å². The minimum atomic E-state index is -0.788. The fourth-order valence-electron chi connectivity index (χ4n) is 3.22. The van der Waals surface area contributed by atoms with Crippen LogP contribution in [0.1, 0.15) is 25.0 Å². The van der Waals surface area contributed by atoms with Crippen molar-refractivity contribution in [1.29, 1.82) is 0 Å². The Morgan fingerprint density at radius 2 is 1.79 bits per heavy atom. The highest BCUT2D eigenvalue weighted by Crippen LogP contribution is 2.28. The Hall–Kier alpha value is -1.05. The summed E-state index contributed by atoms with van der Waals surface area (Å²) in [6.07, 6.45) is 2.23. The third-order valence-electron chi connectivity index (χ3n) is 4.57. The Labute approximate surface area is 158 Å². The SMILES string of the molecule is Cc1csc(N2CCC(C(=O)N3CCC(C(=O)O)C3)CC2)n1.Cl.Cl. The number of hydrogen-bond acceptors (Lipinski definition) is 5. The molecule has 2 aliphatic rings. The minimum Gasteiger partial charge on any atom is -0.481 e. The van der Waals surface area contributed by atoms with Crippen LogP contribution in [0, 0.1) is 18.8 Å². The number of hydrogen-bond donors (Lipinski definition) is 1. The number of amides is 1. The van der Waals surface area contributed by atoms with Gasteiger partial charge in [0.05, 0.1) is 11.6 Å². The zero-order chi connectivity index (χ0) is 15.7. The molecule has 6 nitrogen and oxygen atoms in total. The molecular formula is C15H23Cl2N3O3S. The number of halogens is 2. The van der Waals surface area contributed by atoms with Gasteiger partial charge in [-0.2, -0.15) is 0 Å². The first kappa shape index (κ1) is 21.0. The molecule has 24 heavy (non-hydrogen) atoms. The van der Waals surface area contributed by atoms with Crippen LogP contribution in [0.15, 0.2) is 5.38 Å². The smallest absolute Gasteiger partial charge is 0.308 e. The molecule has 1 aromatic heterocycles. The molecule has 0 spiro atoms. The van der Waals surface area contributed by atoms with Gasteiger partial charge in [-0.05, 0) is 26.2 Å². The summed E-state index contributed by atoms with van der Waals surface area (Å²) < 4.78 is 0. The lowest BCUT2D eigenvalue weighted by Crippen LogP contribution is -2.42. The van der Waals surface area contributed by atoms with Crippen molar-refractivity contribution < 1.29 is 14.7 Å². The summed E-state index contributed by atoms with van der Waals surface area (Å²) in [5.74, 6) is -1.00. The molecule has 2 aliphatic heterocycles. The van der Waals surface area contributed by atoms with E-state index in [1.165, 1.54) is 0 Å². The second kappa shape index (κ2) is 8.87. The normalized spacial score (nSPS) is 21.1. The Balaban J connectivity index is 0.00000144. The van der Waals surface area contributed by atoms with Gasteiger partial charge in [0.25, 0.3) is 0 Å². The van der Waals surface area contributed by atoms with Crippen LogP contribution in [0.2, 0.25) is 0 Å². The van der Waals surface area contributed by atoms with Crippen LogP contribution in [0.5, 0.6) is 0 Å². The van der Waals surface area contributed by atoms with Crippen molar-refractivity contribution in [2.45, 2.75) is 26.2 Å². The quantitative estimate of drug-likeness (QED) is 0.850. The average molecular weight is 396 g/mol. The number of aryl methyl sites for hydroxylation is 1. The predicted molar refractivity (Wildman–Crippen MR) is 98.6 cm³/mol. The number of piperidine rings is 1. The van der Waals surface area contributed by atoms with Crippen molar-refractivity contribution in [1.82, 2.24) is 9.88 Å². The van der Waals surface area contributed by atoms with Crippen molar-refractivity contribution >= 4 is 53.2 Å². The molecular weight excluding hydrogens is 373 g/mol. The molecule has 0 radical (unpaired) electrons. The molecule has 136 valence electrons. The number of carbonyl (C=O) groups excluding carboxylic acids is 1. The topological polar surface area (TPSA) is 73.7 Å². The van der Waals surface area contributed by atoms with E-state index in [1.807, 2.05) is 12.3 Å². The van der Waals surface area contributed by atoms with Crippen molar-refractivity contribution in [2.75, 3.05) is 31.1 Å². The van der Waals surface area contributed by atoms with Gasteiger partial charge in [-0.3, -0.25) is 9.59 Å². The fourth-order valence-corrected chi connectivity index (χ4v) is 4.08. The Morgan fingerprint density at radius 3 is 2.29 bits per heavy atom. The van der Waals surface area contributed by atoms with E-state index in [4.69, 9.17) is 5.11 Å². The van der Waals surface area contributed by atoms with E-state index < -0.39 is 5.97 Å². The van der Waals surface area contributed by atoms with Crippen molar-refractivity contribution in [3.8, 4) is 0 Å². The summed E-state index contributed by atoms with van der Waals surface area (Å²) >= 11 is 1.65. The zero-order valence-corrected chi connectivity index (χ0v) is 16.0. The summed E-state index contributed by atoms with van der Waals surface area (Å²) in [7, 11) is 0. The van der Waals surface area contributed by atoms with Crippen LogP contribution in [0.4, 0.5) is 5.13 Å². The van der Waals surface area contributed by atoms with Crippen LogP contribution in [0.3, 0.4) is 0 Å². The number of carboxylic acid groups (broad SMARTS) is 1. The van der Waals surface area contributed by atoms with E-state index in [2.05, 4.69) is 9.88 Å². The maximum Gasteiger partial charge on any atom is 0.308 e. The summed E-state index contributed by atoms with van der Waals surface area (Å²) in [5, 5.41) is 12.1. The maximum atomic E-state index is 12.5. The predicted octanol–water partition coefficient (Wildman–Crippen LogP) is 2.44. The van der Waals surface area contributed by atoms with Crippen molar-refractivity contribution in [3.05, 3.63) is 11.1 Å². The average Bonchev–Trinajstić information content (AvgIpc) is 3.16. The van der Waals surface area contributed by atoms with E-state index in [9.17, 15) is 9.59 Å². The van der Waals surface area contributed by atoms with Gasteiger partial charge >= 0.3 is 5.97 Å². The maximum absolute atomic E-state index is 12.5. The molecule has 1 N–H and O–H groups in total. The second-order valence-corrected chi connectivity index (χ2v) is 6.98. The van der Waals surface area contributed by atoms with Crippen LogP contribution >= 0.6 is 36.2 Å². The van der Waals surface area contributed by atoms with Crippen LogP contribution < -0.4 is 4.90 Å². The van der Waals surface area contributed by atoms with E-state index in [0.717, 1.165) is 36.8 Å². The molecule has 1 amide bonds. The van der Waals surface area contributed by atoms with E-state index >= 15 is 0 Å². The van der Waals surface area contributed by atoms with Gasteiger partial charge in [0.1, 0.15) is 0 Å². The summed E-state index contributed by atoms with van der Waals surface area (Å²) in [6, 6.07) is 0. The van der Waals surface area contributed by atoms with E-state index in [1.54, 1.807) is 16.2 Å². The van der Waals surface area contributed by atoms with Gasteiger partial charge in [-0.1, -0.05) is 0 Å². The lowest BCUT2D eigenvalue weighted by Gasteiger charge is -2.33. The molecule has 2 fully saturated rings. The van der Waals surface area contributed by atoms with Gasteiger partial charge in [-0.15, -0.1) is 36.2 Å². The molecule has 1 unspecified atom stereocenters. The molecule has 9 heteroatoms. The highest BCUT2D eigenvalue weighted by atomic mass is 35.5. The molecule has 3 rings (SSSR count). The summed E-state index contributed by atoms with van der Waals surface area (Å²) in [5.41, 5.74) is 1.04. The van der Waals surface area contributed by atoms with Crippen molar-refractivity contribution in [3.63, 3.8) is 0 Å². The number of carbonyl (C=O) groups is 2. The third-order valence-corrected chi connectivity index (χ3v) is 5.59. The fraction of sp³-hybridized carbons (Fsp3) is 0.667. The number of aromatic nitrogens is 1. The number of nitrogens with zero attached hydrogens (tertiary/aromatic N) is 3. The summed E-state index contributed by atoms with van der Waals surface area (Å²) in [4.78, 5) is 32.0. The number of rotatable bonds is 3. The first-order valence-corrected chi connectivity index (χ1v) is 8.61. The standard InChI is InChI=1S/C15H21N3O3S.2ClH/c1-10-9-22-15(16-10)17-5-2-11(3-6-17)13(19)18-7-4-12(8-18)14(20)21;;/h9,11-12H,2-8H2,1H3,(H,20,21);2*1H. The second-order valence-electron chi connectivity index (χ2n) is 6.14. The van der Waals surface area contributed by atoms with Crippen LogP contribution in [0.25, 0.3) is 0 Å². The van der Waals surface area contributed by atoms with E-state index in [-0.39, 0.29) is 42.6 Å². The Morgan fingerprint density at radius 1 is 1.17 bits per heavy atom. The molecule has 0 aliphatic carbocycles. The van der Waals surface area contributed by atoms with Gasteiger partial charge in [-0.25, -0.2) is 4.98 Å². The minimum absolute atomic E-state index is 0. The van der Waals surface area contributed by atoms with Gasteiger partial charge in [0.2, 0.25) is 5.91 Å². The number of anilines is 1. The van der Waals surface area contributed by atoms with Crippen LogP contribution in [-0.4, -0.2) is 53.0 Å². The first-order valence-electron chi connectivity index (χ1n) is 7.73. The summed E-state index contributed by atoms with van der Waals surface area (Å²) in [6.45, 7) is 4.64. The largest absolute Gasteiger partial charge is 0.481 e. The third kappa shape index (κ3) is 4.52. The molecule has 0 saturated carbocycles. The number of aliphatic carboxylic acids is 1. The molecule has 3 heterocycles. The van der Waals surface area contributed by atoms with Crippen molar-refractivity contribution in [2.24, 2.45) is 11.8 Å². The number of likely N-dealkylation sites (tertiary alicyclic amines) is 1. The molecule has 2 saturated heterocycles. The molecule has 1 atom stereocenters. The lowest BCUT2D eigenvalue weighted by atomic mass is 9.95. The van der Waals surface area contributed by atoms with Gasteiger partial charge in [0.15, 0.2) is 5.13 Å². The Bertz CT molecular complexity index is 576. The highest BCUT2D eigenvalue weighted by molar-refractivity contribution is 7.13. The van der Waals surface area contributed by atoms with E-state index in [0.29, 0.717) is 19.5 Å². The first-order chi connectivity index (χ1) is 10.5. The molecule has 1 aromatic rings. The number of thiazole rings is 1. The Kier molecular flexibility index (Phi) is 7.76. The molecule has 0 bridgehead atoms. The highest BCUT2D eigenvalue weighted by Gasteiger charge is 2.35. The monoisotopic (exact) mass is 395 g/mol. The lowest BCUT2D eigenvalue weighted by molar-refractivity contribution is -0.141. The van der Waals surface area contributed by atoms with Crippen LogP contribution in [-0.2, 0) is 9.59 Å². The van der Waals surface area contributed by atoms with Gasteiger partial charge < -0.3 is 14.9 Å².